The van der Waals surface area contributed by atoms with Crippen LogP contribution in [-0.4, -0.2) is 76.9 Å². The first-order chi connectivity index (χ1) is 19.7. The molecule has 1 atom stereocenters. The van der Waals surface area contributed by atoms with Crippen molar-refractivity contribution in [2.75, 3.05) is 36.8 Å². The Hall–Kier alpha value is -3.64. The van der Waals surface area contributed by atoms with Crippen molar-refractivity contribution in [3.8, 4) is 17.3 Å². The molecule has 11 nitrogen and oxygen atoms in total. The fourth-order valence-corrected chi connectivity index (χ4v) is 7.79. The highest BCUT2D eigenvalue weighted by atomic mass is 32.2. The molecule has 2 N–H and O–H groups in total. The van der Waals surface area contributed by atoms with Crippen LogP contribution in [0.25, 0.3) is 33.6 Å². The molecule has 1 aliphatic carbocycles. The molecular formula is C29H35N7O4S. The molecule has 0 spiro atoms. The number of aryl methyl sites for hydroxylation is 1. The second-order valence-corrected chi connectivity index (χ2v) is 13.6. The topological polar surface area (TPSA) is 129 Å². The molecule has 1 saturated carbocycles. The maximum atomic E-state index is 13.4. The molecule has 7 rings (SSSR count). The minimum Gasteiger partial charge on any atom is -0.494 e. The number of benzene rings is 1. The van der Waals surface area contributed by atoms with Crippen molar-refractivity contribution in [2.24, 2.45) is 18.7 Å². The number of carbonyl (C=O) groups excluding carboxylic acids is 1. The number of rotatable bonds is 6. The molecular weight excluding hydrogens is 542 g/mol. The number of sulfonamides is 1. The van der Waals surface area contributed by atoms with Crippen LogP contribution < -0.4 is 14.8 Å². The first kappa shape index (κ1) is 26.3. The van der Waals surface area contributed by atoms with Crippen LogP contribution in [0.15, 0.2) is 30.3 Å². The van der Waals surface area contributed by atoms with E-state index in [0.29, 0.717) is 54.6 Å². The second-order valence-electron chi connectivity index (χ2n) is 11.6. The van der Waals surface area contributed by atoms with Crippen molar-refractivity contribution < 1.29 is 17.9 Å². The van der Waals surface area contributed by atoms with Crippen molar-refractivity contribution in [2.45, 2.75) is 44.7 Å². The van der Waals surface area contributed by atoms with E-state index in [1.165, 1.54) is 4.31 Å². The lowest BCUT2D eigenvalue weighted by Gasteiger charge is -2.30. The summed E-state index contributed by atoms with van der Waals surface area (Å²) in [6.45, 7) is 2.46. The van der Waals surface area contributed by atoms with Gasteiger partial charge in [0.15, 0.2) is 5.82 Å². The van der Waals surface area contributed by atoms with Crippen molar-refractivity contribution >= 4 is 43.8 Å². The fourth-order valence-electron chi connectivity index (χ4n) is 6.28. The van der Waals surface area contributed by atoms with Gasteiger partial charge in [-0.15, -0.1) is 0 Å². The maximum absolute atomic E-state index is 13.4. The molecule has 4 aromatic rings. The summed E-state index contributed by atoms with van der Waals surface area (Å²) in [4.78, 5) is 25.2. The number of carbonyl (C=O) groups is 1. The number of piperidine rings is 1. The molecule has 2 aliphatic heterocycles. The lowest BCUT2D eigenvalue weighted by Crippen LogP contribution is -2.45. The Morgan fingerprint density at radius 1 is 1.10 bits per heavy atom. The molecule has 3 aromatic heterocycles. The summed E-state index contributed by atoms with van der Waals surface area (Å²) in [6.07, 6.45) is 4.73. The Balaban J connectivity index is 1.34. The van der Waals surface area contributed by atoms with E-state index in [0.717, 1.165) is 60.3 Å². The van der Waals surface area contributed by atoms with Gasteiger partial charge in [0, 0.05) is 50.2 Å². The Kier molecular flexibility index (Phi) is 6.23. The minimum absolute atomic E-state index is 0.00660. The summed E-state index contributed by atoms with van der Waals surface area (Å²) in [5.41, 5.74) is 9.80. The van der Waals surface area contributed by atoms with Gasteiger partial charge in [0.05, 0.1) is 24.1 Å². The van der Waals surface area contributed by atoms with Crippen molar-refractivity contribution in [1.29, 1.82) is 0 Å². The second kappa shape index (κ2) is 9.73. The van der Waals surface area contributed by atoms with Gasteiger partial charge in [0.1, 0.15) is 22.7 Å². The van der Waals surface area contributed by atoms with E-state index in [1.54, 1.807) is 19.2 Å². The lowest BCUT2D eigenvalue weighted by atomic mass is 10.0. The van der Waals surface area contributed by atoms with Gasteiger partial charge in [-0.25, -0.2) is 18.4 Å². The van der Waals surface area contributed by atoms with Gasteiger partial charge in [-0.1, -0.05) is 0 Å². The number of methoxy groups -OCH3 is 1. The zero-order valence-corrected chi connectivity index (χ0v) is 24.2. The molecule has 5 heterocycles. The Labute approximate surface area is 238 Å². The van der Waals surface area contributed by atoms with Gasteiger partial charge < -0.3 is 24.5 Å². The van der Waals surface area contributed by atoms with E-state index >= 15 is 0 Å². The Bertz CT molecular complexity index is 1790. The number of imidazole rings is 1. The van der Waals surface area contributed by atoms with E-state index in [-0.39, 0.29) is 17.7 Å². The number of aromatic nitrogens is 4. The van der Waals surface area contributed by atoms with Crippen LogP contribution in [0, 0.1) is 5.92 Å². The maximum Gasteiger partial charge on any atom is 0.254 e. The normalized spacial score (nSPS) is 20.8. The van der Waals surface area contributed by atoms with E-state index in [9.17, 15) is 13.2 Å². The number of ether oxygens (including phenoxy) is 1. The molecule has 3 fully saturated rings. The van der Waals surface area contributed by atoms with E-state index in [2.05, 4.69) is 10.6 Å². The number of hydrogen-bond donors (Lipinski definition) is 1. The first-order valence-electron chi connectivity index (χ1n) is 14.3. The number of nitrogens with two attached hydrogens (primary N) is 1. The highest BCUT2D eigenvalue weighted by molar-refractivity contribution is 7.93. The van der Waals surface area contributed by atoms with Gasteiger partial charge in [-0.3, -0.25) is 9.10 Å². The molecule has 2 saturated heterocycles. The van der Waals surface area contributed by atoms with Crippen LogP contribution in [0.2, 0.25) is 0 Å². The number of amides is 1. The van der Waals surface area contributed by atoms with E-state index in [4.69, 9.17) is 20.4 Å². The van der Waals surface area contributed by atoms with Crippen molar-refractivity contribution in [3.63, 3.8) is 0 Å². The third-order valence-corrected chi connectivity index (χ3v) is 10.4. The van der Waals surface area contributed by atoms with Gasteiger partial charge in [0.2, 0.25) is 10.0 Å². The fraction of sp³-hybridized carbons (Fsp3) is 0.483. The zero-order chi connectivity index (χ0) is 28.5. The smallest absolute Gasteiger partial charge is 0.254 e. The molecule has 12 heteroatoms. The van der Waals surface area contributed by atoms with E-state index in [1.807, 2.05) is 28.6 Å². The van der Waals surface area contributed by atoms with Crippen LogP contribution in [-0.2, 0) is 23.6 Å². The predicted molar refractivity (Wildman–Crippen MR) is 158 cm³/mol. The average molecular weight is 578 g/mol. The quantitative estimate of drug-likeness (QED) is 0.373. The third kappa shape index (κ3) is 4.53. The SMILES string of the molecule is COc1cc(C(=O)N2CCC[C@@H](N)C2)cc2nc(-c3cc4ccc(N5CCCS5(=O)=O)nc4n3CC3CC3)n(C)c12. The number of hydrogen-bond acceptors (Lipinski definition) is 7. The highest BCUT2D eigenvalue weighted by Gasteiger charge is 2.31. The lowest BCUT2D eigenvalue weighted by molar-refractivity contribution is 0.0708. The van der Waals surface area contributed by atoms with Crippen molar-refractivity contribution in [1.82, 2.24) is 24.0 Å². The Morgan fingerprint density at radius 3 is 2.63 bits per heavy atom. The minimum atomic E-state index is -3.34. The highest BCUT2D eigenvalue weighted by Crippen LogP contribution is 2.38. The molecule has 1 amide bonds. The molecule has 0 radical (unpaired) electrons. The van der Waals surface area contributed by atoms with Crippen LogP contribution in [0.4, 0.5) is 5.82 Å². The van der Waals surface area contributed by atoms with Gasteiger partial charge in [-0.2, -0.15) is 0 Å². The van der Waals surface area contributed by atoms with Crippen molar-refractivity contribution in [3.05, 3.63) is 35.9 Å². The van der Waals surface area contributed by atoms with E-state index < -0.39 is 10.0 Å². The Morgan fingerprint density at radius 2 is 1.93 bits per heavy atom. The molecule has 41 heavy (non-hydrogen) atoms. The average Bonchev–Trinajstić information content (AvgIpc) is 3.49. The number of likely N-dealkylation sites (tertiary alicyclic amines) is 1. The summed E-state index contributed by atoms with van der Waals surface area (Å²) >= 11 is 0. The molecule has 3 aliphatic rings. The van der Waals surface area contributed by atoms with Gasteiger partial charge in [0.25, 0.3) is 5.91 Å². The van der Waals surface area contributed by atoms with Crippen LogP contribution in [0.3, 0.4) is 0 Å². The van der Waals surface area contributed by atoms with Crippen LogP contribution in [0.1, 0.15) is 42.5 Å². The summed E-state index contributed by atoms with van der Waals surface area (Å²) in [5.74, 6) is 2.41. The third-order valence-electron chi connectivity index (χ3n) is 8.60. The largest absolute Gasteiger partial charge is 0.494 e. The molecule has 0 bridgehead atoms. The molecule has 0 unspecified atom stereocenters. The summed E-state index contributed by atoms with van der Waals surface area (Å²) in [5, 5.41) is 0.928. The van der Waals surface area contributed by atoms with Gasteiger partial charge in [-0.05, 0) is 68.4 Å². The first-order valence-corrected chi connectivity index (χ1v) is 15.9. The zero-order valence-electron chi connectivity index (χ0n) is 23.4. The van der Waals surface area contributed by atoms with Crippen LogP contribution >= 0.6 is 0 Å². The summed E-state index contributed by atoms with van der Waals surface area (Å²) < 4.78 is 36.6. The number of fused-ring (bicyclic) bond motifs is 2. The summed E-state index contributed by atoms with van der Waals surface area (Å²) in [7, 11) is 0.218. The van der Waals surface area contributed by atoms with Gasteiger partial charge >= 0.3 is 0 Å². The van der Waals surface area contributed by atoms with Crippen LogP contribution in [0.5, 0.6) is 5.75 Å². The molecule has 216 valence electrons. The number of pyridine rings is 1. The molecule has 1 aromatic carbocycles. The standard InChI is InChI=1S/C29H35N7O4S/c1-33-26-22(13-20(15-24(26)40-2)29(37)34-10-3-5-21(30)17-34)31-28(33)23-14-19-8-9-25(36-11-4-12-41(36,38)39)32-27(19)35(23)16-18-6-7-18/h8-9,13-15,18,21H,3-7,10-12,16-17,30H2,1-2H3/t21-/m1/s1. The monoisotopic (exact) mass is 577 g/mol. The summed E-state index contributed by atoms with van der Waals surface area (Å²) in [6, 6.07) is 9.43. The number of nitrogens with zero attached hydrogens (tertiary/aromatic N) is 6. The number of anilines is 1. The predicted octanol–water partition coefficient (Wildman–Crippen LogP) is 3.11.